The Labute approximate surface area is 122 Å². The summed E-state index contributed by atoms with van der Waals surface area (Å²) in [5.74, 6) is -0.760. The van der Waals surface area contributed by atoms with E-state index in [1.54, 1.807) is 26.2 Å². The zero-order chi connectivity index (χ0) is 15.5. The highest BCUT2D eigenvalue weighted by Gasteiger charge is 2.30. The van der Waals surface area contributed by atoms with Gasteiger partial charge >= 0.3 is 5.97 Å². The van der Waals surface area contributed by atoms with Gasteiger partial charge in [0, 0.05) is 6.04 Å². The number of thiophene rings is 1. The van der Waals surface area contributed by atoms with Crippen LogP contribution < -0.4 is 4.72 Å². The van der Waals surface area contributed by atoms with Gasteiger partial charge in [0.25, 0.3) is 0 Å². The second kappa shape index (κ2) is 6.66. The molecule has 0 aromatic carbocycles. The van der Waals surface area contributed by atoms with Gasteiger partial charge in [0.05, 0.1) is 13.7 Å². The summed E-state index contributed by atoms with van der Waals surface area (Å²) in [4.78, 5) is 11.6. The van der Waals surface area contributed by atoms with Crippen LogP contribution in [-0.4, -0.2) is 39.3 Å². The molecule has 0 aliphatic carbocycles. The number of ether oxygens (including phenoxy) is 1. The molecule has 1 unspecified atom stereocenters. The van der Waals surface area contributed by atoms with Crippen molar-refractivity contribution in [2.24, 2.45) is 5.92 Å². The van der Waals surface area contributed by atoms with Crippen molar-refractivity contribution in [3.8, 4) is 0 Å². The van der Waals surface area contributed by atoms with Gasteiger partial charge < -0.3 is 9.84 Å². The largest absolute Gasteiger partial charge is 0.465 e. The second-order valence-corrected chi connectivity index (χ2v) is 7.25. The standard InChI is InChI=1S/C12H19NO5S2/c1-7(2)9(5-14)13-20(16,17)11-8(3)6-19-10(11)12(15)18-4/h6-7,9,13-14H,5H2,1-4H3. The molecule has 1 heterocycles. The molecule has 1 rings (SSSR count). The molecule has 0 amide bonds. The molecule has 0 aliphatic rings. The van der Waals surface area contributed by atoms with Crippen molar-refractivity contribution in [1.29, 1.82) is 0 Å². The predicted molar refractivity (Wildman–Crippen MR) is 76.4 cm³/mol. The van der Waals surface area contributed by atoms with Gasteiger partial charge in [-0.25, -0.2) is 17.9 Å². The van der Waals surface area contributed by atoms with Crippen LogP contribution in [-0.2, 0) is 14.8 Å². The summed E-state index contributed by atoms with van der Waals surface area (Å²) in [5, 5.41) is 10.8. The number of aryl methyl sites for hydroxylation is 1. The molecule has 20 heavy (non-hydrogen) atoms. The number of aliphatic hydroxyl groups is 1. The van der Waals surface area contributed by atoms with Gasteiger partial charge in [-0.1, -0.05) is 13.8 Å². The Hall–Kier alpha value is -0.960. The van der Waals surface area contributed by atoms with Crippen LogP contribution >= 0.6 is 11.3 Å². The zero-order valence-corrected chi connectivity index (χ0v) is 13.5. The molecule has 0 radical (unpaired) electrons. The van der Waals surface area contributed by atoms with Crippen LogP contribution in [0.5, 0.6) is 0 Å². The van der Waals surface area contributed by atoms with Crippen molar-refractivity contribution in [1.82, 2.24) is 4.72 Å². The first kappa shape index (κ1) is 17.1. The first-order valence-corrected chi connectivity index (χ1v) is 8.40. The SMILES string of the molecule is COC(=O)c1scc(C)c1S(=O)(=O)NC(CO)C(C)C. The lowest BCUT2D eigenvalue weighted by Gasteiger charge is -2.20. The molecule has 114 valence electrons. The fraction of sp³-hybridized carbons (Fsp3) is 0.583. The Morgan fingerprint density at radius 1 is 1.50 bits per heavy atom. The number of carbonyl (C=O) groups excluding carboxylic acids is 1. The highest BCUT2D eigenvalue weighted by atomic mass is 32.2. The third-order valence-corrected chi connectivity index (χ3v) is 5.75. The van der Waals surface area contributed by atoms with Crippen LogP contribution in [0.1, 0.15) is 29.1 Å². The molecule has 2 N–H and O–H groups in total. The number of sulfonamides is 1. The van der Waals surface area contributed by atoms with E-state index >= 15 is 0 Å². The Kier molecular flexibility index (Phi) is 5.69. The monoisotopic (exact) mass is 321 g/mol. The van der Waals surface area contributed by atoms with E-state index in [1.165, 1.54) is 7.11 Å². The number of nitrogens with one attached hydrogen (secondary N) is 1. The third kappa shape index (κ3) is 3.57. The lowest BCUT2D eigenvalue weighted by molar-refractivity contribution is 0.0602. The molecule has 1 aromatic rings. The summed E-state index contributed by atoms with van der Waals surface area (Å²) >= 11 is 1.02. The molecule has 0 spiro atoms. The molecule has 0 aliphatic heterocycles. The number of methoxy groups -OCH3 is 1. The maximum absolute atomic E-state index is 12.4. The fourth-order valence-corrected chi connectivity index (χ4v) is 4.72. The molecule has 0 saturated carbocycles. The molecule has 0 saturated heterocycles. The summed E-state index contributed by atoms with van der Waals surface area (Å²) in [6, 6.07) is -0.607. The van der Waals surface area contributed by atoms with E-state index in [2.05, 4.69) is 9.46 Å². The van der Waals surface area contributed by atoms with Crippen LogP contribution in [0.15, 0.2) is 10.3 Å². The number of hydrogen-bond donors (Lipinski definition) is 2. The Balaban J connectivity index is 3.22. The first-order chi connectivity index (χ1) is 9.24. The number of esters is 1. The normalized spacial score (nSPS) is 13.5. The van der Waals surface area contributed by atoms with E-state index in [-0.39, 0.29) is 22.3 Å². The Morgan fingerprint density at radius 2 is 2.10 bits per heavy atom. The van der Waals surface area contributed by atoms with Crippen LogP contribution in [0.4, 0.5) is 0 Å². The molecule has 6 nitrogen and oxygen atoms in total. The van der Waals surface area contributed by atoms with Crippen molar-refractivity contribution in [3.05, 3.63) is 15.8 Å². The minimum absolute atomic E-state index is 0.0398. The minimum atomic E-state index is -3.89. The lowest BCUT2D eigenvalue weighted by Crippen LogP contribution is -2.41. The van der Waals surface area contributed by atoms with Crippen molar-refractivity contribution >= 4 is 27.3 Å². The van der Waals surface area contributed by atoms with Crippen molar-refractivity contribution in [2.75, 3.05) is 13.7 Å². The summed E-state index contributed by atoms with van der Waals surface area (Å²) < 4.78 is 31.8. The predicted octanol–water partition coefficient (Wildman–Crippen LogP) is 1.14. The summed E-state index contributed by atoms with van der Waals surface area (Å²) in [5.41, 5.74) is 0.475. The highest BCUT2D eigenvalue weighted by Crippen LogP contribution is 2.27. The van der Waals surface area contributed by atoms with Gasteiger partial charge in [0.2, 0.25) is 10.0 Å². The maximum Gasteiger partial charge on any atom is 0.349 e. The Bertz CT molecular complexity index is 577. The molecule has 8 heteroatoms. The topological polar surface area (TPSA) is 92.7 Å². The van der Waals surface area contributed by atoms with Crippen molar-refractivity contribution < 1.29 is 23.1 Å². The number of aliphatic hydroxyl groups excluding tert-OH is 1. The second-order valence-electron chi connectivity index (χ2n) is 4.72. The average Bonchev–Trinajstić information content (AvgIpc) is 2.77. The van der Waals surface area contributed by atoms with Gasteiger partial charge in [-0.3, -0.25) is 0 Å². The van der Waals surface area contributed by atoms with E-state index in [1.807, 2.05) is 0 Å². The fourth-order valence-electron chi connectivity index (χ4n) is 1.64. The van der Waals surface area contributed by atoms with Gasteiger partial charge in [0.15, 0.2) is 0 Å². The molecule has 0 fully saturated rings. The maximum atomic E-state index is 12.4. The van der Waals surface area contributed by atoms with Gasteiger partial charge in [-0.05, 0) is 23.8 Å². The van der Waals surface area contributed by atoms with E-state index in [4.69, 9.17) is 0 Å². The first-order valence-electron chi connectivity index (χ1n) is 6.04. The van der Waals surface area contributed by atoms with Crippen LogP contribution in [0.2, 0.25) is 0 Å². The minimum Gasteiger partial charge on any atom is -0.465 e. The highest BCUT2D eigenvalue weighted by molar-refractivity contribution is 7.89. The molecular weight excluding hydrogens is 302 g/mol. The van der Waals surface area contributed by atoms with Crippen LogP contribution in [0.3, 0.4) is 0 Å². The Morgan fingerprint density at radius 3 is 2.55 bits per heavy atom. The summed E-state index contributed by atoms with van der Waals surface area (Å²) in [6.07, 6.45) is 0. The molecule has 1 aromatic heterocycles. The van der Waals surface area contributed by atoms with Crippen LogP contribution in [0.25, 0.3) is 0 Å². The number of carbonyl (C=O) groups is 1. The van der Waals surface area contributed by atoms with E-state index in [9.17, 15) is 18.3 Å². The van der Waals surface area contributed by atoms with Crippen LogP contribution in [0, 0.1) is 12.8 Å². The van der Waals surface area contributed by atoms with Crippen molar-refractivity contribution in [2.45, 2.75) is 31.7 Å². The number of rotatable bonds is 6. The van der Waals surface area contributed by atoms with E-state index in [0.717, 1.165) is 11.3 Å². The quantitative estimate of drug-likeness (QED) is 0.767. The third-order valence-electron chi connectivity index (χ3n) is 2.87. The lowest BCUT2D eigenvalue weighted by atomic mass is 10.1. The zero-order valence-electron chi connectivity index (χ0n) is 11.8. The molecule has 1 atom stereocenters. The average molecular weight is 321 g/mol. The number of hydrogen-bond acceptors (Lipinski definition) is 6. The molecule has 0 bridgehead atoms. The van der Waals surface area contributed by atoms with Gasteiger partial charge in [-0.2, -0.15) is 0 Å². The van der Waals surface area contributed by atoms with E-state index in [0.29, 0.717) is 5.56 Å². The smallest absolute Gasteiger partial charge is 0.349 e. The van der Waals surface area contributed by atoms with Gasteiger partial charge in [0.1, 0.15) is 9.77 Å². The molecular formula is C12H19NO5S2. The van der Waals surface area contributed by atoms with Crippen molar-refractivity contribution in [3.63, 3.8) is 0 Å². The summed E-state index contributed by atoms with van der Waals surface area (Å²) in [6.45, 7) is 4.89. The van der Waals surface area contributed by atoms with E-state index < -0.39 is 22.0 Å². The summed E-state index contributed by atoms with van der Waals surface area (Å²) in [7, 11) is -2.69. The van der Waals surface area contributed by atoms with Gasteiger partial charge in [-0.15, -0.1) is 11.3 Å².